The summed E-state index contributed by atoms with van der Waals surface area (Å²) < 4.78 is 29.4. The highest BCUT2D eigenvalue weighted by Crippen LogP contribution is 2.27. The lowest BCUT2D eigenvalue weighted by Gasteiger charge is -2.44. The summed E-state index contributed by atoms with van der Waals surface area (Å²) in [7, 11) is -1.51. The normalized spacial score (nSPS) is 29.2. The van der Waals surface area contributed by atoms with E-state index in [1.54, 1.807) is 16.9 Å². The van der Waals surface area contributed by atoms with Crippen molar-refractivity contribution in [3.63, 3.8) is 0 Å². The Bertz CT molecular complexity index is 623. The summed E-state index contributed by atoms with van der Waals surface area (Å²) in [4.78, 5) is 30.0. The van der Waals surface area contributed by atoms with Crippen LogP contribution in [0.3, 0.4) is 0 Å². The molecule has 0 radical (unpaired) electrons. The lowest BCUT2D eigenvalue weighted by Crippen LogP contribution is -2.61. The number of carbonyl (C=O) groups is 2. The molecule has 3 aliphatic rings. The molecule has 3 aliphatic heterocycles. The van der Waals surface area contributed by atoms with E-state index < -0.39 is 9.84 Å². The lowest BCUT2D eigenvalue weighted by molar-refractivity contribution is -0.138. The number of amides is 2. The SMILES string of the molecule is COCCN1CCN(C(=O)CCN2CCCC2=O)[C@H]2CS(=O)(=O)C[C@H]21. The van der Waals surface area contributed by atoms with Crippen LogP contribution in [-0.2, 0) is 24.2 Å². The van der Waals surface area contributed by atoms with Gasteiger partial charge in [0.1, 0.15) is 0 Å². The van der Waals surface area contributed by atoms with E-state index in [1.807, 2.05) is 0 Å². The number of hydrogen-bond acceptors (Lipinski definition) is 6. The first-order chi connectivity index (χ1) is 11.9. The standard InChI is InChI=1S/C16H27N3O5S/c1-24-10-9-17-7-8-19(14-12-25(22,23)11-13(14)17)16(21)4-6-18-5-2-3-15(18)20/h13-14H,2-12H2,1H3/t13-,14+/m1/s1. The average Bonchev–Trinajstić information content (AvgIpc) is 3.11. The number of hydrogen-bond donors (Lipinski definition) is 0. The largest absolute Gasteiger partial charge is 0.383 e. The van der Waals surface area contributed by atoms with Crippen molar-refractivity contribution < 1.29 is 22.7 Å². The molecule has 3 rings (SSSR count). The minimum atomic E-state index is -3.13. The molecule has 0 aliphatic carbocycles. The fraction of sp³-hybridized carbons (Fsp3) is 0.875. The lowest BCUT2D eigenvalue weighted by atomic mass is 10.0. The minimum absolute atomic E-state index is 0.0372. The van der Waals surface area contributed by atoms with E-state index >= 15 is 0 Å². The number of fused-ring (bicyclic) bond motifs is 1. The molecular formula is C16H27N3O5S. The van der Waals surface area contributed by atoms with E-state index in [0.717, 1.165) is 13.0 Å². The summed E-state index contributed by atoms with van der Waals surface area (Å²) in [6, 6.07) is -0.427. The van der Waals surface area contributed by atoms with Gasteiger partial charge in [-0.3, -0.25) is 14.5 Å². The van der Waals surface area contributed by atoms with E-state index in [4.69, 9.17) is 4.74 Å². The van der Waals surface area contributed by atoms with Crippen LogP contribution < -0.4 is 0 Å². The summed E-state index contributed by atoms with van der Waals surface area (Å²) in [5.41, 5.74) is 0. The molecule has 3 saturated heterocycles. The van der Waals surface area contributed by atoms with E-state index in [2.05, 4.69) is 4.90 Å². The van der Waals surface area contributed by atoms with Gasteiger partial charge in [-0.05, 0) is 6.42 Å². The summed E-state index contributed by atoms with van der Waals surface area (Å²) in [5.74, 6) is 0.211. The molecule has 3 heterocycles. The number of carbonyl (C=O) groups excluding carboxylic acids is 2. The molecule has 0 aromatic carbocycles. The zero-order valence-corrected chi connectivity index (χ0v) is 15.5. The van der Waals surface area contributed by atoms with Crippen molar-refractivity contribution >= 4 is 21.7 Å². The number of methoxy groups -OCH3 is 1. The number of rotatable bonds is 6. The van der Waals surface area contributed by atoms with E-state index in [9.17, 15) is 18.0 Å². The maximum atomic E-state index is 12.7. The molecule has 0 unspecified atom stereocenters. The molecule has 0 bridgehead atoms. The summed E-state index contributed by atoms with van der Waals surface area (Å²) in [5, 5.41) is 0. The van der Waals surface area contributed by atoms with Gasteiger partial charge in [0.15, 0.2) is 9.84 Å². The fourth-order valence-corrected chi connectivity index (χ4v) is 6.15. The number of likely N-dealkylation sites (tertiary alicyclic amines) is 1. The first-order valence-corrected chi connectivity index (χ1v) is 10.7. The predicted octanol–water partition coefficient (Wildman–Crippen LogP) is -1.04. The number of sulfone groups is 1. The minimum Gasteiger partial charge on any atom is -0.383 e. The smallest absolute Gasteiger partial charge is 0.224 e. The monoisotopic (exact) mass is 373 g/mol. The summed E-state index contributed by atoms with van der Waals surface area (Å²) in [6.45, 7) is 3.58. The molecule has 9 heteroatoms. The van der Waals surface area contributed by atoms with E-state index in [1.165, 1.54) is 0 Å². The molecule has 0 aromatic rings. The van der Waals surface area contributed by atoms with Crippen LogP contribution in [0.2, 0.25) is 0 Å². The highest BCUT2D eigenvalue weighted by molar-refractivity contribution is 7.91. The third-order valence-corrected chi connectivity index (χ3v) is 7.16. The van der Waals surface area contributed by atoms with Gasteiger partial charge in [-0.15, -0.1) is 0 Å². The Labute approximate surface area is 149 Å². The van der Waals surface area contributed by atoms with Crippen LogP contribution in [0.25, 0.3) is 0 Å². The maximum absolute atomic E-state index is 12.7. The second-order valence-electron chi connectivity index (χ2n) is 7.06. The Morgan fingerprint density at radius 1 is 1.16 bits per heavy atom. The Kier molecular flexibility index (Phi) is 5.65. The predicted molar refractivity (Wildman–Crippen MR) is 91.8 cm³/mol. The highest BCUT2D eigenvalue weighted by Gasteiger charge is 2.47. The van der Waals surface area contributed by atoms with Crippen LogP contribution in [-0.4, -0.2) is 105 Å². The number of ether oxygens (including phenoxy) is 1. The van der Waals surface area contributed by atoms with Gasteiger partial charge in [-0.2, -0.15) is 0 Å². The maximum Gasteiger partial charge on any atom is 0.224 e. The first kappa shape index (κ1) is 18.6. The first-order valence-electron chi connectivity index (χ1n) is 8.92. The van der Waals surface area contributed by atoms with Gasteiger partial charge in [0.25, 0.3) is 0 Å². The fourth-order valence-electron chi connectivity index (χ4n) is 4.14. The molecule has 0 aromatic heterocycles. The number of nitrogens with zero attached hydrogens (tertiary/aromatic N) is 3. The molecule has 142 valence electrons. The molecule has 2 amide bonds. The Morgan fingerprint density at radius 2 is 1.92 bits per heavy atom. The van der Waals surface area contributed by atoms with Gasteiger partial charge in [0.2, 0.25) is 11.8 Å². The average molecular weight is 373 g/mol. The van der Waals surface area contributed by atoms with E-state index in [-0.39, 0.29) is 41.8 Å². The topological polar surface area (TPSA) is 87.2 Å². The van der Waals surface area contributed by atoms with Crippen LogP contribution in [0.5, 0.6) is 0 Å². The van der Waals surface area contributed by atoms with Crippen molar-refractivity contribution in [1.29, 1.82) is 0 Å². The van der Waals surface area contributed by atoms with Crippen molar-refractivity contribution in [2.75, 3.05) is 57.9 Å². The van der Waals surface area contributed by atoms with Gasteiger partial charge in [-0.1, -0.05) is 0 Å². The van der Waals surface area contributed by atoms with Crippen molar-refractivity contribution in [2.24, 2.45) is 0 Å². The molecule has 8 nitrogen and oxygen atoms in total. The van der Waals surface area contributed by atoms with Crippen molar-refractivity contribution in [2.45, 2.75) is 31.3 Å². The van der Waals surface area contributed by atoms with Gasteiger partial charge < -0.3 is 14.5 Å². The Hall–Kier alpha value is -1.19. The van der Waals surface area contributed by atoms with Gasteiger partial charge >= 0.3 is 0 Å². The van der Waals surface area contributed by atoms with Crippen molar-refractivity contribution in [3.8, 4) is 0 Å². The van der Waals surface area contributed by atoms with Gasteiger partial charge in [0.05, 0.1) is 24.2 Å². The zero-order chi connectivity index (χ0) is 18.0. The van der Waals surface area contributed by atoms with Crippen LogP contribution in [0.1, 0.15) is 19.3 Å². The quantitative estimate of drug-likeness (QED) is 0.591. The van der Waals surface area contributed by atoms with Crippen molar-refractivity contribution in [1.82, 2.24) is 14.7 Å². The van der Waals surface area contributed by atoms with E-state index in [0.29, 0.717) is 39.2 Å². The van der Waals surface area contributed by atoms with Crippen LogP contribution >= 0.6 is 0 Å². The summed E-state index contributed by atoms with van der Waals surface area (Å²) >= 11 is 0. The second kappa shape index (κ2) is 7.59. The van der Waals surface area contributed by atoms with Crippen molar-refractivity contribution in [3.05, 3.63) is 0 Å². The van der Waals surface area contributed by atoms with Crippen LogP contribution in [0, 0.1) is 0 Å². The third-order valence-electron chi connectivity index (χ3n) is 5.46. The molecule has 2 atom stereocenters. The second-order valence-corrected chi connectivity index (χ2v) is 9.22. The third kappa shape index (κ3) is 4.15. The molecule has 3 fully saturated rings. The number of piperazine rings is 1. The zero-order valence-electron chi connectivity index (χ0n) is 14.7. The van der Waals surface area contributed by atoms with Crippen LogP contribution in [0.15, 0.2) is 0 Å². The summed E-state index contributed by atoms with van der Waals surface area (Å²) in [6.07, 6.45) is 1.69. The molecule has 0 N–H and O–H groups in total. The van der Waals surface area contributed by atoms with Gasteiger partial charge in [0, 0.05) is 58.7 Å². The molecule has 0 saturated carbocycles. The Morgan fingerprint density at radius 3 is 2.60 bits per heavy atom. The molecular weight excluding hydrogens is 346 g/mol. The van der Waals surface area contributed by atoms with Crippen LogP contribution in [0.4, 0.5) is 0 Å². The molecule has 25 heavy (non-hydrogen) atoms. The van der Waals surface area contributed by atoms with Gasteiger partial charge in [-0.25, -0.2) is 8.42 Å². The molecule has 0 spiro atoms. The Balaban J connectivity index is 1.63. The highest BCUT2D eigenvalue weighted by atomic mass is 32.2.